The summed E-state index contributed by atoms with van der Waals surface area (Å²) in [5.41, 5.74) is -0.00599. The first kappa shape index (κ1) is 17.2. The molecular weight excluding hydrogens is 296 g/mol. The first-order valence-electron chi connectivity index (χ1n) is 8.26. The van der Waals surface area contributed by atoms with Crippen LogP contribution in [0, 0.1) is 0 Å². The molecule has 2 rings (SSSR count). The van der Waals surface area contributed by atoms with Gasteiger partial charge >= 0.3 is 0 Å². The lowest BCUT2D eigenvalue weighted by Gasteiger charge is -2.15. The smallest absolute Gasteiger partial charge is 0.271 e. The van der Waals surface area contributed by atoms with Crippen molar-refractivity contribution in [3.8, 4) is 0 Å². The zero-order valence-corrected chi connectivity index (χ0v) is 13.6. The van der Waals surface area contributed by atoms with Crippen LogP contribution < -0.4 is 10.9 Å². The lowest BCUT2D eigenvalue weighted by molar-refractivity contribution is -0.129. The number of amides is 2. The summed E-state index contributed by atoms with van der Waals surface area (Å²) in [5.74, 6) is -0.284. The van der Waals surface area contributed by atoms with E-state index >= 15 is 0 Å². The summed E-state index contributed by atoms with van der Waals surface area (Å²) in [6, 6.07) is 2.77. The van der Waals surface area contributed by atoms with Crippen LogP contribution in [0.15, 0.2) is 16.9 Å². The fraction of sp³-hybridized carbons (Fsp3) is 0.625. The molecule has 0 aliphatic carbocycles. The SMILES string of the molecule is CCCCn1nc(C(=O)NCCC(=O)N2CCCC2)ccc1=O. The molecule has 0 saturated carbocycles. The van der Waals surface area contributed by atoms with Gasteiger partial charge in [0.15, 0.2) is 0 Å². The van der Waals surface area contributed by atoms with Crippen LogP contribution in [0.2, 0.25) is 0 Å². The number of rotatable bonds is 7. The summed E-state index contributed by atoms with van der Waals surface area (Å²) in [5, 5.41) is 6.77. The number of carbonyl (C=O) groups excluding carboxylic acids is 2. The molecule has 2 heterocycles. The van der Waals surface area contributed by atoms with E-state index < -0.39 is 0 Å². The predicted octanol–water partition coefficient (Wildman–Crippen LogP) is 0.786. The second kappa shape index (κ2) is 8.45. The van der Waals surface area contributed by atoms with Crippen molar-refractivity contribution >= 4 is 11.8 Å². The van der Waals surface area contributed by atoms with Gasteiger partial charge in [-0.25, -0.2) is 4.68 Å². The molecule has 1 saturated heterocycles. The number of aromatic nitrogens is 2. The van der Waals surface area contributed by atoms with Crippen molar-refractivity contribution in [3.63, 3.8) is 0 Å². The Bertz CT molecular complexity index is 606. The Hall–Kier alpha value is -2.18. The van der Waals surface area contributed by atoms with Crippen LogP contribution >= 0.6 is 0 Å². The van der Waals surface area contributed by atoms with Crippen LogP contribution in [0.1, 0.15) is 49.5 Å². The van der Waals surface area contributed by atoms with Crippen molar-refractivity contribution in [3.05, 3.63) is 28.2 Å². The zero-order chi connectivity index (χ0) is 16.7. The molecule has 126 valence electrons. The maximum Gasteiger partial charge on any atom is 0.271 e. The first-order chi connectivity index (χ1) is 11.1. The number of unbranched alkanes of at least 4 members (excludes halogenated alkanes) is 1. The highest BCUT2D eigenvalue weighted by Crippen LogP contribution is 2.08. The van der Waals surface area contributed by atoms with E-state index in [4.69, 9.17) is 0 Å². The van der Waals surface area contributed by atoms with Crippen LogP contribution in [-0.4, -0.2) is 46.1 Å². The molecule has 2 amide bonds. The highest BCUT2D eigenvalue weighted by Gasteiger charge is 2.17. The average molecular weight is 320 g/mol. The van der Waals surface area contributed by atoms with E-state index in [1.54, 1.807) is 0 Å². The van der Waals surface area contributed by atoms with Crippen LogP contribution in [0.5, 0.6) is 0 Å². The number of hydrogen-bond donors (Lipinski definition) is 1. The summed E-state index contributed by atoms with van der Waals surface area (Å²) in [6.45, 7) is 4.44. The van der Waals surface area contributed by atoms with E-state index in [0.29, 0.717) is 13.0 Å². The second-order valence-corrected chi connectivity index (χ2v) is 5.73. The van der Waals surface area contributed by atoms with Gasteiger partial charge in [-0.15, -0.1) is 0 Å². The topological polar surface area (TPSA) is 84.3 Å². The van der Waals surface area contributed by atoms with Crippen LogP contribution in [0.3, 0.4) is 0 Å². The van der Waals surface area contributed by atoms with Crippen LogP contribution in [0.4, 0.5) is 0 Å². The van der Waals surface area contributed by atoms with Gasteiger partial charge in [0.1, 0.15) is 5.69 Å². The third kappa shape index (κ3) is 4.91. The highest BCUT2D eigenvalue weighted by atomic mass is 16.2. The van der Waals surface area contributed by atoms with Crippen molar-refractivity contribution in [1.29, 1.82) is 0 Å². The molecule has 1 aliphatic rings. The molecule has 1 aliphatic heterocycles. The number of nitrogens with one attached hydrogen (secondary N) is 1. The highest BCUT2D eigenvalue weighted by molar-refractivity contribution is 5.92. The number of hydrogen-bond acceptors (Lipinski definition) is 4. The molecule has 23 heavy (non-hydrogen) atoms. The minimum absolute atomic E-state index is 0.0728. The molecule has 0 bridgehead atoms. The van der Waals surface area contributed by atoms with Gasteiger partial charge in [-0.2, -0.15) is 5.10 Å². The minimum atomic E-state index is -0.357. The third-order valence-corrected chi connectivity index (χ3v) is 3.91. The summed E-state index contributed by atoms with van der Waals surface area (Å²) < 4.78 is 1.31. The summed E-state index contributed by atoms with van der Waals surface area (Å²) in [6.07, 6.45) is 4.19. The number of likely N-dealkylation sites (tertiary alicyclic amines) is 1. The Labute approximate surface area is 135 Å². The summed E-state index contributed by atoms with van der Waals surface area (Å²) in [7, 11) is 0. The van der Waals surface area contributed by atoms with Crippen molar-refractivity contribution < 1.29 is 9.59 Å². The fourth-order valence-corrected chi connectivity index (χ4v) is 2.54. The molecule has 1 fully saturated rings. The molecule has 1 aromatic rings. The van der Waals surface area contributed by atoms with Crippen molar-refractivity contribution in [2.45, 2.75) is 45.6 Å². The maximum absolute atomic E-state index is 12.1. The Kier molecular flexibility index (Phi) is 6.31. The van der Waals surface area contributed by atoms with Crippen LogP contribution in [0.25, 0.3) is 0 Å². The Morgan fingerprint density at radius 1 is 1.26 bits per heavy atom. The average Bonchev–Trinajstić information content (AvgIpc) is 3.08. The van der Waals surface area contributed by atoms with E-state index in [1.165, 1.54) is 16.8 Å². The number of carbonyl (C=O) groups is 2. The lowest BCUT2D eigenvalue weighted by Crippen LogP contribution is -2.34. The molecule has 7 heteroatoms. The summed E-state index contributed by atoms with van der Waals surface area (Å²) >= 11 is 0. The van der Waals surface area contributed by atoms with Crippen molar-refractivity contribution in [1.82, 2.24) is 20.0 Å². The van der Waals surface area contributed by atoms with Gasteiger partial charge in [0.05, 0.1) is 0 Å². The Morgan fingerprint density at radius 2 is 2.00 bits per heavy atom. The largest absolute Gasteiger partial charge is 0.350 e. The Balaban J connectivity index is 1.85. The molecule has 7 nitrogen and oxygen atoms in total. The van der Waals surface area contributed by atoms with Gasteiger partial charge in [-0.05, 0) is 25.3 Å². The summed E-state index contributed by atoms with van der Waals surface area (Å²) in [4.78, 5) is 37.5. The van der Waals surface area contributed by atoms with E-state index in [-0.39, 0.29) is 29.6 Å². The number of aryl methyl sites for hydroxylation is 1. The minimum Gasteiger partial charge on any atom is -0.350 e. The predicted molar refractivity (Wildman–Crippen MR) is 86.2 cm³/mol. The Morgan fingerprint density at radius 3 is 2.70 bits per heavy atom. The van der Waals surface area contributed by atoms with Gasteiger partial charge in [0.2, 0.25) is 5.91 Å². The number of nitrogens with zero attached hydrogens (tertiary/aromatic N) is 3. The van der Waals surface area contributed by atoms with Crippen molar-refractivity contribution in [2.24, 2.45) is 0 Å². The van der Waals surface area contributed by atoms with Gasteiger partial charge in [0, 0.05) is 38.7 Å². The molecule has 1 N–H and O–H groups in total. The monoisotopic (exact) mass is 320 g/mol. The van der Waals surface area contributed by atoms with Crippen molar-refractivity contribution in [2.75, 3.05) is 19.6 Å². The van der Waals surface area contributed by atoms with Crippen LogP contribution in [-0.2, 0) is 11.3 Å². The van der Waals surface area contributed by atoms with E-state index in [0.717, 1.165) is 38.8 Å². The van der Waals surface area contributed by atoms with E-state index in [9.17, 15) is 14.4 Å². The second-order valence-electron chi connectivity index (χ2n) is 5.73. The fourth-order valence-electron chi connectivity index (χ4n) is 2.54. The molecule has 1 aromatic heterocycles. The third-order valence-electron chi connectivity index (χ3n) is 3.91. The van der Waals surface area contributed by atoms with Gasteiger partial charge in [-0.3, -0.25) is 14.4 Å². The normalized spacial score (nSPS) is 14.0. The zero-order valence-electron chi connectivity index (χ0n) is 13.6. The molecule has 0 spiro atoms. The quantitative estimate of drug-likeness (QED) is 0.805. The van der Waals surface area contributed by atoms with E-state index in [2.05, 4.69) is 10.4 Å². The molecule has 0 radical (unpaired) electrons. The molecule has 0 unspecified atom stereocenters. The van der Waals surface area contributed by atoms with Gasteiger partial charge < -0.3 is 10.2 Å². The van der Waals surface area contributed by atoms with Gasteiger partial charge in [0.25, 0.3) is 11.5 Å². The molecule has 0 aromatic carbocycles. The molecular formula is C16H24N4O3. The molecule has 0 atom stereocenters. The van der Waals surface area contributed by atoms with E-state index in [1.807, 2.05) is 11.8 Å². The lowest BCUT2D eigenvalue weighted by atomic mass is 10.3. The standard InChI is InChI=1S/C16H24N4O3/c1-2-3-12-20-15(22)7-6-13(18-20)16(23)17-9-8-14(21)19-10-4-5-11-19/h6-7H,2-5,8-12H2,1H3,(H,17,23). The maximum atomic E-state index is 12.1. The first-order valence-corrected chi connectivity index (χ1v) is 8.26. The van der Waals surface area contributed by atoms with Gasteiger partial charge in [-0.1, -0.05) is 13.3 Å².